The van der Waals surface area contributed by atoms with Gasteiger partial charge >= 0.3 is 0 Å². The van der Waals surface area contributed by atoms with Crippen LogP contribution in [0.3, 0.4) is 0 Å². The summed E-state index contributed by atoms with van der Waals surface area (Å²) in [6.07, 6.45) is 0.582. The van der Waals surface area contributed by atoms with E-state index in [-0.39, 0.29) is 24.0 Å². The van der Waals surface area contributed by atoms with E-state index in [1.165, 1.54) is 0 Å². The van der Waals surface area contributed by atoms with Gasteiger partial charge in [0.2, 0.25) is 5.91 Å². The van der Waals surface area contributed by atoms with Crippen LogP contribution in [0.15, 0.2) is 18.2 Å². The zero-order valence-corrected chi connectivity index (χ0v) is 17.3. The number of carbonyl (C=O) groups is 2. The first-order valence-electron chi connectivity index (χ1n) is 9.97. The standard InChI is InChI=1S/C21H31N3O4/c1-6-15-18(25)24-14-9-8-13(10-16(14)28-15)12(3)23-19(26)21(22)11-17(27-7-2)20(21,4)5/h8-10,12,15,17H,6-7,11,22H2,1-5H3,(H,23,26)(H,24,25). The lowest BCUT2D eigenvalue weighted by atomic mass is 9.54. The monoisotopic (exact) mass is 389 g/mol. The summed E-state index contributed by atoms with van der Waals surface area (Å²) >= 11 is 0. The summed E-state index contributed by atoms with van der Waals surface area (Å²) in [5.74, 6) is 0.303. The van der Waals surface area contributed by atoms with E-state index in [2.05, 4.69) is 10.6 Å². The van der Waals surface area contributed by atoms with E-state index in [0.717, 1.165) is 5.56 Å². The molecule has 0 radical (unpaired) electrons. The van der Waals surface area contributed by atoms with Crippen molar-refractivity contribution in [1.29, 1.82) is 0 Å². The normalized spacial score (nSPS) is 29.0. The van der Waals surface area contributed by atoms with Crippen LogP contribution >= 0.6 is 0 Å². The van der Waals surface area contributed by atoms with E-state index in [9.17, 15) is 9.59 Å². The molecular formula is C21H31N3O4. The topological polar surface area (TPSA) is 103 Å². The van der Waals surface area contributed by atoms with Gasteiger partial charge in [-0.15, -0.1) is 0 Å². The van der Waals surface area contributed by atoms with Crippen molar-refractivity contribution in [3.05, 3.63) is 23.8 Å². The van der Waals surface area contributed by atoms with Gasteiger partial charge in [-0.2, -0.15) is 0 Å². The molecule has 2 amide bonds. The van der Waals surface area contributed by atoms with Crippen LogP contribution in [0, 0.1) is 5.41 Å². The zero-order valence-electron chi connectivity index (χ0n) is 17.3. The highest BCUT2D eigenvalue weighted by Gasteiger charge is 2.62. The Balaban J connectivity index is 1.71. The Labute approximate surface area is 166 Å². The van der Waals surface area contributed by atoms with Gasteiger partial charge in [0.1, 0.15) is 11.3 Å². The largest absolute Gasteiger partial charge is 0.478 e. The van der Waals surface area contributed by atoms with Crippen LogP contribution in [0.4, 0.5) is 5.69 Å². The predicted octanol–water partition coefficient (Wildman–Crippen LogP) is 2.51. The van der Waals surface area contributed by atoms with Crippen molar-refractivity contribution in [2.45, 2.75) is 71.2 Å². The minimum Gasteiger partial charge on any atom is -0.478 e. The molecule has 1 heterocycles. The number of hydrogen-bond acceptors (Lipinski definition) is 5. The van der Waals surface area contributed by atoms with Crippen LogP contribution in [0.5, 0.6) is 5.75 Å². The summed E-state index contributed by atoms with van der Waals surface area (Å²) in [7, 11) is 0. The Bertz CT molecular complexity index is 779. The van der Waals surface area contributed by atoms with Gasteiger partial charge in [-0.25, -0.2) is 0 Å². The van der Waals surface area contributed by atoms with Gasteiger partial charge in [0, 0.05) is 18.4 Å². The minimum atomic E-state index is -0.965. The molecule has 1 fully saturated rings. The number of nitrogens with two attached hydrogens (primary N) is 1. The van der Waals surface area contributed by atoms with Crippen molar-refractivity contribution in [1.82, 2.24) is 5.32 Å². The van der Waals surface area contributed by atoms with E-state index in [4.69, 9.17) is 15.2 Å². The van der Waals surface area contributed by atoms with Crippen LogP contribution < -0.4 is 21.1 Å². The third-order valence-corrected chi connectivity index (χ3v) is 6.28. The SMILES string of the molecule is CCOC1CC(N)(C(=O)NC(C)c2ccc3c(c2)OC(CC)C(=O)N3)C1(C)C. The Morgan fingerprint density at radius 2 is 2.14 bits per heavy atom. The van der Waals surface area contributed by atoms with Crippen molar-refractivity contribution >= 4 is 17.5 Å². The Morgan fingerprint density at radius 1 is 1.43 bits per heavy atom. The molecular weight excluding hydrogens is 358 g/mol. The molecule has 2 aliphatic rings. The highest BCUT2D eigenvalue weighted by Crippen LogP contribution is 2.50. The second-order valence-electron chi connectivity index (χ2n) is 8.30. The molecule has 1 aliphatic heterocycles. The van der Waals surface area contributed by atoms with Crippen molar-refractivity contribution in [2.24, 2.45) is 11.1 Å². The molecule has 154 valence electrons. The number of carbonyl (C=O) groups excluding carboxylic acids is 2. The molecule has 28 heavy (non-hydrogen) atoms. The fraction of sp³-hybridized carbons (Fsp3) is 0.619. The van der Waals surface area contributed by atoms with Gasteiger partial charge in [0.15, 0.2) is 6.10 Å². The molecule has 0 aromatic heterocycles. The second-order valence-corrected chi connectivity index (χ2v) is 8.30. The van der Waals surface area contributed by atoms with E-state index in [0.29, 0.717) is 30.9 Å². The van der Waals surface area contributed by atoms with E-state index in [1.54, 1.807) is 6.07 Å². The Kier molecular flexibility index (Phi) is 5.42. The predicted molar refractivity (Wildman–Crippen MR) is 107 cm³/mol. The number of fused-ring (bicyclic) bond motifs is 1. The van der Waals surface area contributed by atoms with Crippen LogP contribution in [0.25, 0.3) is 0 Å². The van der Waals surface area contributed by atoms with Crippen molar-refractivity contribution in [3.8, 4) is 5.75 Å². The maximum atomic E-state index is 12.9. The molecule has 4 atom stereocenters. The quantitative estimate of drug-likeness (QED) is 0.694. The van der Waals surface area contributed by atoms with Crippen LogP contribution in [0.1, 0.15) is 59.1 Å². The highest BCUT2D eigenvalue weighted by atomic mass is 16.5. The molecule has 1 aromatic rings. The number of ether oxygens (including phenoxy) is 2. The molecule has 0 bridgehead atoms. The molecule has 1 aliphatic carbocycles. The molecule has 0 saturated heterocycles. The fourth-order valence-electron chi connectivity index (χ4n) is 3.93. The van der Waals surface area contributed by atoms with Crippen molar-refractivity contribution in [2.75, 3.05) is 11.9 Å². The Morgan fingerprint density at radius 3 is 2.75 bits per heavy atom. The lowest BCUT2D eigenvalue weighted by Crippen LogP contribution is -2.75. The van der Waals surface area contributed by atoms with Gasteiger partial charge in [0.25, 0.3) is 5.91 Å². The molecule has 0 spiro atoms. The van der Waals surface area contributed by atoms with Gasteiger partial charge < -0.3 is 25.8 Å². The zero-order chi connectivity index (χ0) is 20.7. The van der Waals surface area contributed by atoms with E-state index >= 15 is 0 Å². The number of anilines is 1. The number of nitrogens with one attached hydrogen (secondary N) is 2. The summed E-state index contributed by atoms with van der Waals surface area (Å²) in [4.78, 5) is 24.9. The minimum absolute atomic E-state index is 0.0183. The van der Waals surface area contributed by atoms with Gasteiger partial charge in [-0.1, -0.05) is 26.8 Å². The number of amides is 2. The summed E-state index contributed by atoms with van der Waals surface area (Å²) in [6.45, 7) is 10.3. The van der Waals surface area contributed by atoms with Crippen LogP contribution in [0.2, 0.25) is 0 Å². The molecule has 7 nitrogen and oxygen atoms in total. The Hall–Kier alpha value is -2.12. The van der Waals surface area contributed by atoms with Crippen molar-refractivity contribution < 1.29 is 19.1 Å². The van der Waals surface area contributed by atoms with Crippen molar-refractivity contribution in [3.63, 3.8) is 0 Å². The van der Waals surface area contributed by atoms with E-state index in [1.807, 2.05) is 46.8 Å². The average Bonchev–Trinajstić information content (AvgIpc) is 2.66. The third-order valence-electron chi connectivity index (χ3n) is 6.28. The summed E-state index contributed by atoms with van der Waals surface area (Å²) in [6, 6.07) is 5.29. The maximum Gasteiger partial charge on any atom is 0.265 e. The lowest BCUT2D eigenvalue weighted by Gasteiger charge is -2.57. The molecule has 3 rings (SSSR count). The molecule has 7 heteroatoms. The number of benzene rings is 1. The van der Waals surface area contributed by atoms with Crippen LogP contribution in [-0.4, -0.2) is 36.2 Å². The first-order valence-corrected chi connectivity index (χ1v) is 9.97. The summed E-state index contributed by atoms with van der Waals surface area (Å²) in [5.41, 5.74) is 6.60. The van der Waals surface area contributed by atoms with Gasteiger partial charge in [0.05, 0.1) is 17.8 Å². The summed E-state index contributed by atoms with van der Waals surface area (Å²) < 4.78 is 11.5. The third kappa shape index (κ3) is 3.26. The maximum absolute atomic E-state index is 12.9. The number of hydrogen-bond donors (Lipinski definition) is 3. The number of rotatable bonds is 6. The molecule has 4 N–H and O–H groups in total. The smallest absolute Gasteiger partial charge is 0.265 e. The second kappa shape index (κ2) is 7.37. The van der Waals surface area contributed by atoms with Gasteiger partial charge in [-0.3, -0.25) is 9.59 Å². The van der Waals surface area contributed by atoms with Gasteiger partial charge in [-0.05, 0) is 38.0 Å². The molecule has 1 saturated carbocycles. The van der Waals surface area contributed by atoms with E-state index < -0.39 is 17.1 Å². The first-order chi connectivity index (χ1) is 13.1. The average molecular weight is 389 g/mol. The molecule has 1 aromatic carbocycles. The highest BCUT2D eigenvalue weighted by molar-refractivity contribution is 5.97. The first kappa shape index (κ1) is 20.6. The lowest BCUT2D eigenvalue weighted by molar-refractivity contribution is -0.171. The summed E-state index contributed by atoms with van der Waals surface area (Å²) in [5, 5.41) is 5.89. The molecule has 4 unspecified atom stereocenters. The van der Waals surface area contributed by atoms with Crippen LogP contribution in [-0.2, 0) is 14.3 Å². The fourth-order valence-corrected chi connectivity index (χ4v) is 3.93.